The van der Waals surface area contributed by atoms with Gasteiger partial charge in [-0.15, -0.1) is 0 Å². The molecule has 4 N–H and O–H groups in total. The molecule has 138 valence electrons. The van der Waals surface area contributed by atoms with Gasteiger partial charge in [0.1, 0.15) is 11.7 Å². The number of piperidine rings is 1. The van der Waals surface area contributed by atoms with Crippen molar-refractivity contribution in [2.24, 2.45) is 0 Å². The zero-order chi connectivity index (χ0) is 18.1. The van der Waals surface area contributed by atoms with Crippen molar-refractivity contribution in [2.75, 3.05) is 19.6 Å². The second-order valence-corrected chi connectivity index (χ2v) is 7.48. The molecule has 3 rings (SSSR count). The number of aryl methyl sites for hydroxylation is 1. The smallest absolute Gasteiger partial charge is 0.320 e. The molecule has 9 heteroatoms. The second-order valence-electron chi connectivity index (χ2n) is 6.73. The molecule has 0 saturated carbocycles. The lowest BCUT2D eigenvalue weighted by molar-refractivity contribution is -0.139. The maximum atomic E-state index is 12.4. The first-order valence-electron chi connectivity index (χ1n) is 8.41. The minimum Gasteiger partial charge on any atom is -0.480 e. The Labute approximate surface area is 156 Å². The molecule has 2 aliphatic rings. The maximum absolute atomic E-state index is 12.4. The van der Waals surface area contributed by atoms with E-state index in [9.17, 15) is 9.59 Å². The highest BCUT2D eigenvalue weighted by Gasteiger charge is 2.34. The number of carboxylic acid groups (broad SMARTS) is 1. The lowest BCUT2D eigenvalue weighted by Crippen LogP contribution is -2.48. The lowest BCUT2D eigenvalue weighted by atomic mass is 10.0. The van der Waals surface area contributed by atoms with Crippen LogP contribution in [-0.2, 0) is 4.79 Å². The van der Waals surface area contributed by atoms with Crippen LogP contribution in [0, 0.1) is 6.92 Å². The van der Waals surface area contributed by atoms with E-state index in [2.05, 4.69) is 20.5 Å². The molecular formula is C16H22Cl2N4O3. The van der Waals surface area contributed by atoms with Gasteiger partial charge in [0.05, 0.1) is 10.0 Å². The highest BCUT2D eigenvalue weighted by atomic mass is 35.5. The van der Waals surface area contributed by atoms with Crippen LogP contribution in [0.2, 0.25) is 10.0 Å². The normalized spacial score (nSPS) is 25.2. The van der Waals surface area contributed by atoms with E-state index in [4.69, 9.17) is 28.3 Å². The molecule has 2 atom stereocenters. The largest absolute Gasteiger partial charge is 0.480 e. The van der Waals surface area contributed by atoms with Gasteiger partial charge in [-0.2, -0.15) is 0 Å². The van der Waals surface area contributed by atoms with Crippen molar-refractivity contribution in [3.8, 4) is 0 Å². The van der Waals surface area contributed by atoms with E-state index in [0.717, 1.165) is 25.9 Å². The van der Waals surface area contributed by atoms with Gasteiger partial charge >= 0.3 is 5.97 Å². The Hall–Kier alpha value is -1.28. The van der Waals surface area contributed by atoms with Crippen LogP contribution >= 0.6 is 23.2 Å². The maximum Gasteiger partial charge on any atom is 0.320 e. The zero-order valence-corrected chi connectivity index (χ0v) is 15.5. The van der Waals surface area contributed by atoms with Crippen molar-refractivity contribution < 1.29 is 14.7 Å². The molecule has 1 unspecified atom stereocenters. The van der Waals surface area contributed by atoms with Crippen LogP contribution in [0.15, 0.2) is 0 Å². The first-order chi connectivity index (χ1) is 11.9. The van der Waals surface area contributed by atoms with E-state index < -0.39 is 12.0 Å². The summed E-state index contributed by atoms with van der Waals surface area (Å²) < 4.78 is 0. The fourth-order valence-corrected chi connectivity index (χ4v) is 3.99. The van der Waals surface area contributed by atoms with Crippen LogP contribution < -0.4 is 10.6 Å². The molecule has 0 aliphatic carbocycles. The van der Waals surface area contributed by atoms with Gasteiger partial charge in [-0.05, 0) is 26.2 Å². The predicted octanol–water partition coefficient (Wildman–Crippen LogP) is 1.64. The molecule has 25 heavy (non-hydrogen) atoms. The molecule has 1 aromatic rings. The van der Waals surface area contributed by atoms with Gasteiger partial charge in [0.2, 0.25) is 0 Å². The van der Waals surface area contributed by atoms with Crippen LogP contribution in [0.3, 0.4) is 0 Å². The third-order valence-corrected chi connectivity index (χ3v) is 6.02. The summed E-state index contributed by atoms with van der Waals surface area (Å²) in [5.41, 5.74) is 0.976. The number of hydrogen-bond acceptors (Lipinski definition) is 4. The summed E-state index contributed by atoms with van der Waals surface area (Å²) in [4.78, 5) is 28.6. The summed E-state index contributed by atoms with van der Waals surface area (Å²) in [6, 6.07) is -0.130. The minimum absolute atomic E-state index is 0.0758. The summed E-state index contributed by atoms with van der Waals surface area (Å²) in [5.74, 6) is -1.03. The van der Waals surface area contributed by atoms with Crippen molar-refractivity contribution in [2.45, 2.75) is 44.3 Å². The summed E-state index contributed by atoms with van der Waals surface area (Å²) in [5, 5.41) is 15.7. The first-order valence-corrected chi connectivity index (χ1v) is 9.17. The molecule has 2 fully saturated rings. The number of aromatic amines is 1. The molecule has 3 heterocycles. The quantitative estimate of drug-likeness (QED) is 0.628. The van der Waals surface area contributed by atoms with Crippen molar-refractivity contribution in [1.82, 2.24) is 20.5 Å². The average molecular weight is 389 g/mol. The number of amides is 1. The van der Waals surface area contributed by atoms with Crippen LogP contribution in [0.5, 0.6) is 0 Å². The number of rotatable bonds is 4. The van der Waals surface area contributed by atoms with Gasteiger partial charge in [0, 0.05) is 37.4 Å². The Balaban J connectivity index is 1.50. The van der Waals surface area contributed by atoms with E-state index in [1.807, 2.05) is 0 Å². The third kappa shape index (κ3) is 3.95. The zero-order valence-electron chi connectivity index (χ0n) is 13.9. The second kappa shape index (κ2) is 7.53. The summed E-state index contributed by atoms with van der Waals surface area (Å²) in [6.07, 6.45) is 2.28. The molecule has 1 aromatic heterocycles. The minimum atomic E-state index is -0.790. The van der Waals surface area contributed by atoms with Gasteiger partial charge in [0.25, 0.3) is 5.91 Å². The summed E-state index contributed by atoms with van der Waals surface area (Å²) >= 11 is 12.1. The highest BCUT2D eigenvalue weighted by Crippen LogP contribution is 2.29. The molecule has 2 aliphatic heterocycles. The molecular weight excluding hydrogens is 367 g/mol. The molecule has 0 spiro atoms. The number of nitrogens with zero attached hydrogens (tertiary/aromatic N) is 1. The SMILES string of the molecule is Cc1[nH]c(C(=O)NC2CCN(C3CN[C@H](C(=O)O)C3)CC2)c(Cl)c1Cl. The fourth-order valence-electron chi connectivity index (χ4n) is 3.58. The molecule has 0 aromatic carbocycles. The van der Waals surface area contributed by atoms with Crippen molar-refractivity contribution >= 4 is 35.1 Å². The Kier molecular flexibility index (Phi) is 5.58. The van der Waals surface area contributed by atoms with Crippen LogP contribution in [-0.4, -0.2) is 64.6 Å². The highest BCUT2D eigenvalue weighted by molar-refractivity contribution is 6.44. The molecule has 0 radical (unpaired) electrons. The van der Waals surface area contributed by atoms with Crippen molar-refractivity contribution in [1.29, 1.82) is 0 Å². The van der Waals surface area contributed by atoms with Crippen LogP contribution in [0.25, 0.3) is 0 Å². The van der Waals surface area contributed by atoms with Crippen LogP contribution in [0.4, 0.5) is 0 Å². The van der Waals surface area contributed by atoms with Gasteiger partial charge in [-0.1, -0.05) is 23.2 Å². The van der Waals surface area contributed by atoms with Gasteiger partial charge < -0.3 is 20.7 Å². The lowest BCUT2D eigenvalue weighted by Gasteiger charge is -2.35. The van der Waals surface area contributed by atoms with Gasteiger partial charge in [0.15, 0.2) is 0 Å². The Morgan fingerprint density at radius 1 is 1.24 bits per heavy atom. The van der Waals surface area contributed by atoms with E-state index in [0.29, 0.717) is 29.4 Å². The number of halogens is 2. The number of aromatic nitrogens is 1. The number of H-pyrrole nitrogens is 1. The van der Waals surface area contributed by atoms with E-state index >= 15 is 0 Å². The van der Waals surface area contributed by atoms with Gasteiger partial charge in [-0.3, -0.25) is 14.5 Å². The summed E-state index contributed by atoms with van der Waals surface area (Å²) in [7, 11) is 0. The number of carboxylic acids is 1. The number of nitrogens with one attached hydrogen (secondary N) is 3. The standard InChI is InChI=1S/C16H22Cl2N4O3/c1-8-12(17)13(18)14(20-8)15(23)21-9-2-4-22(5-3-9)10-6-11(16(24)25)19-7-10/h9-11,19-20H,2-7H2,1H3,(H,21,23)(H,24,25)/t10?,11-/m0/s1. The monoisotopic (exact) mass is 388 g/mol. The van der Waals surface area contributed by atoms with Crippen molar-refractivity contribution in [3.63, 3.8) is 0 Å². The molecule has 1 amide bonds. The topological polar surface area (TPSA) is 97.5 Å². The van der Waals surface area contributed by atoms with Crippen molar-refractivity contribution in [3.05, 3.63) is 21.4 Å². The number of carbonyl (C=O) groups is 2. The molecule has 0 bridgehead atoms. The first kappa shape index (κ1) is 18.5. The predicted molar refractivity (Wildman–Crippen MR) is 95.4 cm³/mol. The Morgan fingerprint density at radius 3 is 2.44 bits per heavy atom. The number of hydrogen-bond donors (Lipinski definition) is 4. The van der Waals surface area contributed by atoms with E-state index in [-0.39, 0.29) is 23.0 Å². The van der Waals surface area contributed by atoms with E-state index in [1.165, 1.54) is 0 Å². The average Bonchev–Trinajstić information content (AvgIpc) is 3.17. The van der Waals surface area contributed by atoms with Crippen LogP contribution in [0.1, 0.15) is 35.4 Å². The fraction of sp³-hybridized carbons (Fsp3) is 0.625. The number of aliphatic carboxylic acids is 1. The summed E-state index contributed by atoms with van der Waals surface area (Å²) in [6.45, 7) is 4.14. The third-order valence-electron chi connectivity index (χ3n) is 5.07. The van der Waals surface area contributed by atoms with E-state index in [1.54, 1.807) is 6.92 Å². The van der Waals surface area contributed by atoms with Gasteiger partial charge in [-0.25, -0.2) is 0 Å². The molecule has 7 nitrogen and oxygen atoms in total. The Morgan fingerprint density at radius 2 is 1.92 bits per heavy atom. The number of carbonyl (C=O) groups excluding carboxylic acids is 1. The Bertz CT molecular complexity index is 671. The number of likely N-dealkylation sites (tertiary alicyclic amines) is 1. The molecule has 2 saturated heterocycles.